The SMILES string of the molecule is C#CCNC(=O)CCC1Cc2ccccc2NC1=O. The molecule has 1 atom stereocenters. The molecule has 0 aliphatic carbocycles. The predicted molar refractivity (Wildman–Crippen MR) is 73.3 cm³/mol. The summed E-state index contributed by atoms with van der Waals surface area (Å²) in [5, 5.41) is 5.47. The van der Waals surface area contributed by atoms with Crippen molar-refractivity contribution in [3.8, 4) is 12.3 Å². The maximum absolute atomic E-state index is 11.9. The van der Waals surface area contributed by atoms with Gasteiger partial charge in [0.2, 0.25) is 11.8 Å². The van der Waals surface area contributed by atoms with E-state index in [1.165, 1.54) is 0 Å². The van der Waals surface area contributed by atoms with Crippen LogP contribution in [0.15, 0.2) is 24.3 Å². The average molecular weight is 256 g/mol. The zero-order valence-corrected chi connectivity index (χ0v) is 10.6. The number of anilines is 1. The molecule has 0 aromatic heterocycles. The number of carbonyl (C=O) groups excluding carboxylic acids is 2. The summed E-state index contributed by atoms with van der Waals surface area (Å²) in [6.45, 7) is 0.235. The lowest BCUT2D eigenvalue weighted by Gasteiger charge is -2.24. The Kier molecular flexibility index (Phi) is 4.19. The minimum Gasteiger partial charge on any atom is -0.345 e. The van der Waals surface area contributed by atoms with Crippen molar-refractivity contribution in [1.29, 1.82) is 0 Å². The standard InChI is InChI=1S/C15H16N2O2/c1-2-9-16-14(18)8-7-12-10-11-5-3-4-6-13(11)17-15(12)19/h1,3-6,12H,7-10H2,(H,16,18)(H,17,19). The number of rotatable bonds is 4. The molecule has 19 heavy (non-hydrogen) atoms. The second-order valence-corrected chi connectivity index (χ2v) is 4.57. The highest BCUT2D eigenvalue weighted by Gasteiger charge is 2.25. The van der Waals surface area contributed by atoms with Crippen LogP contribution >= 0.6 is 0 Å². The quantitative estimate of drug-likeness (QED) is 0.798. The summed E-state index contributed by atoms with van der Waals surface area (Å²) in [5.41, 5.74) is 2.00. The summed E-state index contributed by atoms with van der Waals surface area (Å²) in [5.74, 6) is 2.08. The first-order chi connectivity index (χ1) is 9.20. The topological polar surface area (TPSA) is 58.2 Å². The molecule has 2 N–H and O–H groups in total. The third-order valence-corrected chi connectivity index (χ3v) is 3.22. The lowest BCUT2D eigenvalue weighted by atomic mass is 9.89. The fraction of sp³-hybridized carbons (Fsp3) is 0.333. The van der Waals surface area contributed by atoms with Crippen LogP contribution in [0.5, 0.6) is 0 Å². The Labute approximate surface area is 112 Å². The molecule has 0 saturated heterocycles. The van der Waals surface area contributed by atoms with Gasteiger partial charge in [-0.2, -0.15) is 0 Å². The summed E-state index contributed by atoms with van der Waals surface area (Å²) in [6.07, 6.45) is 6.61. The van der Waals surface area contributed by atoms with Crippen LogP contribution in [-0.2, 0) is 16.0 Å². The van der Waals surface area contributed by atoms with Gasteiger partial charge in [-0.25, -0.2) is 0 Å². The van der Waals surface area contributed by atoms with E-state index in [2.05, 4.69) is 16.6 Å². The van der Waals surface area contributed by atoms with Gasteiger partial charge in [0.05, 0.1) is 6.54 Å². The van der Waals surface area contributed by atoms with Gasteiger partial charge in [-0.1, -0.05) is 24.1 Å². The Morgan fingerprint density at radius 1 is 1.47 bits per heavy atom. The number of benzene rings is 1. The van der Waals surface area contributed by atoms with E-state index in [0.717, 1.165) is 11.3 Å². The highest BCUT2D eigenvalue weighted by Crippen LogP contribution is 2.27. The molecule has 1 heterocycles. The van der Waals surface area contributed by atoms with Crippen LogP contribution in [0.2, 0.25) is 0 Å². The Morgan fingerprint density at radius 2 is 2.26 bits per heavy atom. The maximum atomic E-state index is 11.9. The van der Waals surface area contributed by atoms with Gasteiger partial charge in [0.25, 0.3) is 0 Å². The van der Waals surface area contributed by atoms with Crippen LogP contribution in [0.3, 0.4) is 0 Å². The number of para-hydroxylation sites is 1. The molecule has 2 amide bonds. The van der Waals surface area contributed by atoms with E-state index in [0.29, 0.717) is 19.3 Å². The van der Waals surface area contributed by atoms with Gasteiger partial charge in [0.15, 0.2) is 0 Å². The number of nitrogens with one attached hydrogen (secondary N) is 2. The molecule has 1 aliphatic heterocycles. The molecule has 0 saturated carbocycles. The van der Waals surface area contributed by atoms with Crippen LogP contribution in [-0.4, -0.2) is 18.4 Å². The van der Waals surface area contributed by atoms with Gasteiger partial charge in [-0.05, 0) is 24.5 Å². The maximum Gasteiger partial charge on any atom is 0.227 e. The Morgan fingerprint density at radius 3 is 3.05 bits per heavy atom. The van der Waals surface area contributed by atoms with Gasteiger partial charge in [-0.15, -0.1) is 6.42 Å². The van der Waals surface area contributed by atoms with E-state index in [9.17, 15) is 9.59 Å². The van der Waals surface area contributed by atoms with Crippen LogP contribution < -0.4 is 10.6 Å². The summed E-state index contributed by atoms with van der Waals surface area (Å²) < 4.78 is 0. The molecule has 0 radical (unpaired) electrons. The fourth-order valence-corrected chi connectivity index (χ4v) is 2.19. The monoisotopic (exact) mass is 256 g/mol. The fourth-order valence-electron chi connectivity index (χ4n) is 2.19. The Balaban J connectivity index is 1.91. The second kappa shape index (κ2) is 6.05. The lowest BCUT2D eigenvalue weighted by molar-refractivity contribution is -0.122. The molecule has 1 aromatic rings. The van der Waals surface area contributed by atoms with Crippen molar-refractivity contribution in [1.82, 2.24) is 5.32 Å². The molecule has 2 rings (SSSR count). The highest BCUT2D eigenvalue weighted by atomic mass is 16.2. The van der Waals surface area contributed by atoms with Gasteiger partial charge >= 0.3 is 0 Å². The number of amides is 2. The van der Waals surface area contributed by atoms with Crippen LogP contribution in [0.4, 0.5) is 5.69 Å². The molecular weight excluding hydrogens is 240 g/mol. The van der Waals surface area contributed by atoms with E-state index in [-0.39, 0.29) is 24.3 Å². The lowest BCUT2D eigenvalue weighted by Crippen LogP contribution is -2.31. The number of hydrogen-bond acceptors (Lipinski definition) is 2. The zero-order valence-electron chi connectivity index (χ0n) is 10.6. The van der Waals surface area contributed by atoms with E-state index < -0.39 is 0 Å². The van der Waals surface area contributed by atoms with E-state index in [4.69, 9.17) is 6.42 Å². The number of fused-ring (bicyclic) bond motifs is 1. The molecule has 1 aliphatic rings. The van der Waals surface area contributed by atoms with Crippen molar-refractivity contribution in [3.63, 3.8) is 0 Å². The van der Waals surface area contributed by atoms with Gasteiger partial charge in [0, 0.05) is 18.0 Å². The Hall–Kier alpha value is -2.28. The van der Waals surface area contributed by atoms with E-state index in [1.54, 1.807) is 0 Å². The Bertz CT molecular complexity index is 531. The summed E-state index contributed by atoms with van der Waals surface area (Å²) >= 11 is 0. The molecule has 0 spiro atoms. The second-order valence-electron chi connectivity index (χ2n) is 4.57. The van der Waals surface area contributed by atoms with Crippen molar-refractivity contribution in [3.05, 3.63) is 29.8 Å². The molecule has 4 nitrogen and oxygen atoms in total. The zero-order chi connectivity index (χ0) is 13.7. The van der Waals surface area contributed by atoms with Gasteiger partial charge in [0.1, 0.15) is 0 Å². The molecular formula is C15H16N2O2. The number of terminal acetylenes is 1. The summed E-state index contributed by atoms with van der Waals surface area (Å²) in [6, 6.07) is 7.74. The third kappa shape index (κ3) is 3.35. The predicted octanol–water partition coefficient (Wildman–Crippen LogP) is 1.33. The number of hydrogen-bond donors (Lipinski definition) is 2. The molecule has 0 bridgehead atoms. The number of carbonyl (C=O) groups is 2. The van der Waals surface area contributed by atoms with Crippen molar-refractivity contribution < 1.29 is 9.59 Å². The van der Waals surface area contributed by atoms with Gasteiger partial charge in [-0.3, -0.25) is 9.59 Å². The van der Waals surface area contributed by atoms with E-state index in [1.807, 2.05) is 24.3 Å². The largest absolute Gasteiger partial charge is 0.345 e. The molecule has 1 unspecified atom stereocenters. The summed E-state index contributed by atoms with van der Waals surface area (Å²) in [4.78, 5) is 23.4. The smallest absolute Gasteiger partial charge is 0.227 e. The molecule has 4 heteroatoms. The minimum atomic E-state index is -0.147. The van der Waals surface area contributed by atoms with Crippen molar-refractivity contribution in [2.24, 2.45) is 5.92 Å². The van der Waals surface area contributed by atoms with Crippen molar-refractivity contribution >= 4 is 17.5 Å². The highest BCUT2D eigenvalue weighted by molar-refractivity contribution is 5.96. The molecule has 1 aromatic carbocycles. The average Bonchev–Trinajstić information content (AvgIpc) is 2.42. The van der Waals surface area contributed by atoms with Crippen molar-refractivity contribution in [2.45, 2.75) is 19.3 Å². The molecule has 0 fully saturated rings. The van der Waals surface area contributed by atoms with Crippen molar-refractivity contribution in [2.75, 3.05) is 11.9 Å². The first-order valence-corrected chi connectivity index (χ1v) is 6.29. The van der Waals surface area contributed by atoms with E-state index >= 15 is 0 Å². The first kappa shape index (κ1) is 13.2. The van der Waals surface area contributed by atoms with Crippen LogP contribution in [0.25, 0.3) is 0 Å². The van der Waals surface area contributed by atoms with Crippen LogP contribution in [0, 0.1) is 18.3 Å². The summed E-state index contributed by atoms with van der Waals surface area (Å²) in [7, 11) is 0. The first-order valence-electron chi connectivity index (χ1n) is 6.29. The molecule has 98 valence electrons. The minimum absolute atomic E-state index is 0.0107. The normalized spacial score (nSPS) is 17.0. The van der Waals surface area contributed by atoms with Crippen LogP contribution in [0.1, 0.15) is 18.4 Å². The third-order valence-electron chi connectivity index (χ3n) is 3.22. The van der Waals surface area contributed by atoms with Gasteiger partial charge < -0.3 is 10.6 Å².